The Morgan fingerprint density at radius 2 is 0.415 bits per heavy atom. The zero-order valence-corrected chi connectivity index (χ0v) is 37.3. The summed E-state index contributed by atoms with van der Waals surface area (Å²) in [6.07, 6.45) is 65.6. The molecule has 0 unspecified atom stereocenters. The van der Waals surface area contributed by atoms with E-state index in [1.165, 1.54) is 283 Å². The van der Waals surface area contributed by atoms with Crippen LogP contribution in [0, 0.1) is 0 Å². The largest absolute Gasteiger partial charge is 0.466 e. The van der Waals surface area contributed by atoms with Gasteiger partial charge in [0.05, 0.1) is 6.61 Å². The fourth-order valence-corrected chi connectivity index (χ4v) is 8.20. The van der Waals surface area contributed by atoms with E-state index in [2.05, 4.69) is 13.8 Å². The summed E-state index contributed by atoms with van der Waals surface area (Å²) in [7, 11) is 0. The molecule has 0 aromatic carbocycles. The van der Waals surface area contributed by atoms with Gasteiger partial charge in [0.15, 0.2) is 0 Å². The minimum Gasteiger partial charge on any atom is -0.466 e. The summed E-state index contributed by atoms with van der Waals surface area (Å²) in [5, 5.41) is 0. The molecule has 0 aliphatic heterocycles. The fraction of sp³-hybridized carbons (Fsp3) is 0.980. The van der Waals surface area contributed by atoms with Crippen molar-refractivity contribution >= 4 is 5.97 Å². The molecule has 0 aromatic rings. The van der Waals surface area contributed by atoms with Crippen molar-refractivity contribution in [1.82, 2.24) is 0 Å². The van der Waals surface area contributed by atoms with Gasteiger partial charge in [0, 0.05) is 6.42 Å². The molecule has 0 aliphatic carbocycles. The van der Waals surface area contributed by atoms with Gasteiger partial charge in [0.25, 0.3) is 0 Å². The summed E-state index contributed by atoms with van der Waals surface area (Å²) in [6.45, 7) is 5.21. The normalized spacial score (nSPS) is 11.5. The zero-order chi connectivity index (χ0) is 38.2. The van der Waals surface area contributed by atoms with Crippen LogP contribution in [0.25, 0.3) is 0 Å². The molecule has 0 aliphatic rings. The zero-order valence-electron chi connectivity index (χ0n) is 37.3. The van der Waals surface area contributed by atoms with Crippen LogP contribution in [0.15, 0.2) is 0 Å². The first-order valence-corrected chi connectivity index (χ1v) is 25.5. The number of rotatable bonds is 48. The minimum absolute atomic E-state index is 0.0272. The summed E-state index contributed by atoms with van der Waals surface area (Å²) in [5.41, 5.74) is 0. The maximum atomic E-state index is 11.9. The van der Waals surface area contributed by atoms with Crippen molar-refractivity contribution in [2.75, 3.05) is 6.61 Å². The molecule has 0 rings (SSSR count). The lowest BCUT2D eigenvalue weighted by atomic mass is 10.0. The average Bonchev–Trinajstić information content (AvgIpc) is 3.16. The van der Waals surface area contributed by atoms with Crippen LogP contribution in [-0.4, -0.2) is 12.6 Å². The van der Waals surface area contributed by atoms with E-state index in [1.54, 1.807) is 0 Å². The van der Waals surface area contributed by atoms with Crippen molar-refractivity contribution in [3.8, 4) is 0 Å². The van der Waals surface area contributed by atoms with Crippen LogP contribution < -0.4 is 0 Å². The van der Waals surface area contributed by atoms with Gasteiger partial charge in [-0.3, -0.25) is 4.79 Å². The highest BCUT2D eigenvalue weighted by atomic mass is 16.5. The Hall–Kier alpha value is -0.530. The standard InChI is InChI=1S/C51H102O2/c1-3-5-7-9-11-13-14-15-16-17-18-19-20-21-22-23-24-25-26-27-28-29-30-31-32-33-34-35-36-37-38-39-40-42-44-46-48-50-53-51(52)49-47-45-43-41-12-10-8-6-4-2/h3-50H2,1-2H3. The second-order valence-corrected chi connectivity index (χ2v) is 17.5. The number of carbonyl (C=O) groups excluding carboxylic acids is 1. The van der Waals surface area contributed by atoms with Gasteiger partial charge in [-0.25, -0.2) is 0 Å². The number of hydrogen-bond acceptors (Lipinski definition) is 2. The van der Waals surface area contributed by atoms with E-state index in [9.17, 15) is 4.79 Å². The van der Waals surface area contributed by atoms with E-state index in [-0.39, 0.29) is 5.97 Å². The maximum absolute atomic E-state index is 11.9. The number of ether oxygens (including phenoxy) is 1. The van der Waals surface area contributed by atoms with Crippen LogP contribution in [0.2, 0.25) is 0 Å². The smallest absolute Gasteiger partial charge is 0.305 e. The van der Waals surface area contributed by atoms with Crippen LogP contribution >= 0.6 is 0 Å². The number of hydrogen-bond donors (Lipinski definition) is 0. The molecule has 0 atom stereocenters. The van der Waals surface area contributed by atoms with Crippen molar-refractivity contribution in [2.24, 2.45) is 0 Å². The Kier molecular flexibility index (Phi) is 49.0. The lowest BCUT2D eigenvalue weighted by Gasteiger charge is -2.06. The molecular formula is C51H102O2. The molecule has 2 heteroatoms. The SMILES string of the molecule is CCCCCCCCCCCCCCCCCCCCCCCCCCCCCCCCCCCCCCCOC(=O)CCCCCCCCCCC. The average molecular weight is 747 g/mol. The first-order chi connectivity index (χ1) is 26.3. The van der Waals surface area contributed by atoms with Crippen LogP contribution in [0.4, 0.5) is 0 Å². The van der Waals surface area contributed by atoms with Crippen molar-refractivity contribution in [2.45, 2.75) is 316 Å². The lowest BCUT2D eigenvalue weighted by molar-refractivity contribution is -0.143. The summed E-state index contributed by atoms with van der Waals surface area (Å²) in [6, 6.07) is 0. The van der Waals surface area contributed by atoms with Gasteiger partial charge in [-0.15, -0.1) is 0 Å². The molecule has 53 heavy (non-hydrogen) atoms. The van der Waals surface area contributed by atoms with Gasteiger partial charge in [-0.2, -0.15) is 0 Å². The highest BCUT2D eigenvalue weighted by Crippen LogP contribution is 2.18. The summed E-state index contributed by atoms with van der Waals surface area (Å²) < 4.78 is 5.45. The predicted octanol–water partition coefficient (Wildman–Crippen LogP) is 18.9. The Labute approximate surface area is 336 Å². The molecule has 0 bridgehead atoms. The first kappa shape index (κ1) is 52.5. The Morgan fingerprint density at radius 3 is 0.623 bits per heavy atom. The van der Waals surface area contributed by atoms with E-state index in [0.717, 1.165) is 12.8 Å². The van der Waals surface area contributed by atoms with Crippen LogP contribution in [0.3, 0.4) is 0 Å². The van der Waals surface area contributed by atoms with E-state index < -0.39 is 0 Å². The summed E-state index contributed by atoms with van der Waals surface area (Å²) >= 11 is 0. The van der Waals surface area contributed by atoms with Crippen molar-refractivity contribution < 1.29 is 9.53 Å². The van der Waals surface area contributed by atoms with Crippen molar-refractivity contribution in [3.63, 3.8) is 0 Å². The van der Waals surface area contributed by atoms with Gasteiger partial charge in [-0.1, -0.05) is 296 Å². The van der Waals surface area contributed by atoms with Gasteiger partial charge in [0.2, 0.25) is 0 Å². The maximum Gasteiger partial charge on any atom is 0.305 e. The van der Waals surface area contributed by atoms with Crippen LogP contribution in [-0.2, 0) is 9.53 Å². The second kappa shape index (κ2) is 49.5. The van der Waals surface area contributed by atoms with Crippen LogP contribution in [0.1, 0.15) is 316 Å². The van der Waals surface area contributed by atoms with E-state index >= 15 is 0 Å². The molecule has 0 radical (unpaired) electrons. The number of unbranched alkanes of at least 4 members (excludes halogenated alkanes) is 44. The number of esters is 1. The Morgan fingerprint density at radius 1 is 0.245 bits per heavy atom. The Balaban J connectivity index is 3.10. The first-order valence-electron chi connectivity index (χ1n) is 25.5. The summed E-state index contributed by atoms with van der Waals surface area (Å²) in [4.78, 5) is 11.9. The summed E-state index contributed by atoms with van der Waals surface area (Å²) in [5.74, 6) is 0.0272. The minimum atomic E-state index is 0.0272. The molecule has 2 nitrogen and oxygen atoms in total. The van der Waals surface area contributed by atoms with E-state index in [1.807, 2.05) is 0 Å². The van der Waals surface area contributed by atoms with E-state index in [0.29, 0.717) is 13.0 Å². The molecule has 0 aromatic heterocycles. The monoisotopic (exact) mass is 747 g/mol. The molecule has 0 heterocycles. The molecule has 318 valence electrons. The second-order valence-electron chi connectivity index (χ2n) is 17.5. The molecule has 0 saturated carbocycles. The fourth-order valence-electron chi connectivity index (χ4n) is 8.20. The molecule has 0 saturated heterocycles. The highest BCUT2D eigenvalue weighted by Gasteiger charge is 2.03. The lowest BCUT2D eigenvalue weighted by Crippen LogP contribution is -2.05. The molecule has 0 N–H and O–H groups in total. The third-order valence-electron chi connectivity index (χ3n) is 12.0. The molecule has 0 fully saturated rings. The quantitative estimate of drug-likeness (QED) is 0.0458. The molecule has 0 spiro atoms. The highest BCUT2D eigenvalue weighted by molar-refractivity contribution is 5.69. The van der Waals surface area contributed by atoms with Gasteiger partial charge >= 0.3 is 5.97 Å². The third-order valence-corrected chi connectivity index (χ3v) is 12.0. The predicted molar refractivity (Wildman–Crippen MR) is 239 cm³/mol. The van der Waals surface area contributed by atoms with Gasteiger partial charge in [0.1, 0.15) is 0 Å². The Bertz CT molecular complexity index is 644. The van der Waals surface area contributed by atoms with Gasteiger partial charge < -0.3 is 4.74 Å². The van der Waals surface area contributed by atoms with E-state index in [4.69, 9.17) is 4.74 Å². The number of carbonyl (C=O) groups is 1. The van der Waals surface area contributed by atoms with Crippen molar-refractivity contribution in [3.05, 3.63) is 0 Å². The molecule has 0 amide bonds. The van der Waals surface area contributed by atoms with Crippen LogP contribution in [0.5, 0.6) is 0 Å². The topological polar surface area (TPSA) is 26.3 Å². The third kappa shape index (κ3) is 49.5. The van der Waals surface area contributed by atoms with Gasteiger partial charge in [-0.05, 0) is 12.8 Å². The van der Waals surface area contributed by atoms with Crippen molar-refractivity contribution in [1.29, 1.82) is 0 Å². The molecular weight excluding hydrogens is 645 g/mol.